The fraction of sp³-hybridized carbons (Fsp3) is 0.440. The minimum atomic E-state index is -1.40. The van der Waals surface area contributed by atoms with Crippen molar-refractivity contribution in [1.82, 2.24) is 36.1 Å². The number of nitrogens with two attached hydrogens (primary N) is 3. The summed E-state index contributed by atoms with van der Waals surface area (Å²) >= 11 is 0. The topological polar surface area (TPSA) is 283 Å². The Morgan fingerprint density at radius 1 is 0.868 bits per heavy atom. The van der Waals surface area contributed by atoms with Gasteiger partial charge in [0, 0.05) is 30.2 Å². The highest BCUT2D eigenvalue weighted by Crippen LogP contribution is 2.40. The molecule has 5 rings (SSSR count). The van der Waals surface area contributed by atoms with Crippen molar-refractivity contribution in [3.05, 3.63) is 94.3 Å². The minimum absolute atomic E-state index is 0.00191. The molecule has 5 amide bonds. The Balaban J connectivity index is 1.58. The highest BCUT2D eigenvalue weighted by Gasteiger charge is 2.36. The number of nitrogens with one attached hydrogen (secondary N) is 4. The second-order valence-corrected chi connectivity index (χ2v) is 17.8. The second kappa shape index (κ2) is 23.7. The molecule has 0 aliphatic carbocycles. The SMILES string of the molecule is Cc1nc(-c2ccc(C(C)(C)C)cc2)nc(C)c1C(=O)NC(CCN)C(=O)N(C)C1C(=O)NC(C)C(=O)NC(C(=O)NCC#N)Cc2ccc(OCCCN)c(c2)-c2cc1ccc2OCCCN. The van der Waals surface area contributed by atoms with E-state index in [0.717, 1.165) is 11.1 Å². The number of amides is 5. The maximum absolute atomic E-state index is 14.8. The minimum Gasteiger partial charge on any atom is -0.493 e. The Kier molecular flexibility index (Phi) is 18.1. The summed E-state index contributed by atoms with van der Waals surface area (Å²) in [5.41, 5.74) is 22.5. The van der Waals surface area contributed by atoms with Gasteiger partial charge in [-0.3, -0.25) is 24.0 Å². The van der Waals surface area contributed by atoms with E-state index in [-0.39, 0.29) is 50.1 Å². The van der Waals surface area contributed by atoms with Crippen LogP contribution < -0.4 is 47.9 Å². The summed E-state index contributed by atoms with van der Waals surface area (Å²) in [6.07, 6.45) is 1.10. The molecule has 18 heteroatoms. The molecule has 68 heavy (non-hydrogen) atoms. The molecule has 1 aromatic heterocycles. The number of aryl methyl sites for hydroxylation is 2. The van der Waals surface area contributed by atoms with Crippen molar-refractivity contribution in [2.45, 2.75) is 96.8 Å². The normalized spacial score (nSPS) is 16.5. The van der Waals surface area contributed by atoms with Gasteiger partial charge in [-0.1, -0.05) is 57.2 Å². The predicted molar refractivity (Wildman–Crippen MR) is 258 cm³/mol. The number of carbonyl (C=O) groups excluding carboxylic acids is 5. The van der Waals surface area contributed by atoms with Crippen LogP contribution in [0.1, 0.15) is 91.4 Å². The summed E-state index contributed by atoms with van der Waals surface area (Å²) in [5, 5.41) is 20.0. The lowest BCUT2D eigenvalue weighted by molar-refractivity contribution is -0.141. The molecule has 10 N–H and O–H groups in total. The first-order valence-corrected chi connectivity index (χ1v) is 22.8. The van der Waals surface area contributed by atoms with Crippen LogP contribution >= 0.6 is 0 Å². The summed E-state index contributed by atoms with van der Waals surface area (Å²) in [7, 11) is 1.43. The number of fused-ring (bicyclic) bond motifs is 5. The van der Waals surface area contributed by atoms with Crippen molar-refractivity contribution >= 4 is 29.5 Å². The van der Waals surface area contributed by atoms with Crippen LogP contribution in [-0.4, -0.2) is 109 Å². The van der Waals surface area contributed by atoms with Gasteiger partial charge in [-0.2, -0.15) is 5.26 Å². The first-order chi connectivity index (χ1) is 32.4. The van der Waals surface area contributed by atoms with Crippen LogP contribution in [0.25, 0.3) is 22.5 Å². The van der Waals surface area contributed by atoms with E-state index in [2.05, 4.69) is 52.0 Å². The monoisotopic (exact) mass is 932 g/mol. The largest absolute Gasteiger partial charge is 0.493 e. The maximum atomic E-state index is 14.8. The second-order valence-electron chi connectivity index (χ2n) is 17.8. The zero-order valence-electron chi connectivity index (χ0n) is 40.0. The third-order valence-electron chi connectivity index (χ3n) is 11.6. The molecule has 0 saturated heterocycles. The van der Waals surface area contributed by atoms with Crippen LogP contribution in [0, 0.1) is 25.2 Å². The molecule has 1 aliphatic rings. The summed E-state index contributed by atoms with van der Waals surface area (Å²) in [6, 6.07) is 15.2. The third kappa shape index (κ3) is 12.9. The Morgan fingerprint density at radius 3 is 2.04 bits per heavy atom. The first kappa shape index (κ1) is 52.0. The quantitative estimate of drug-likeness (QED) is 0.0593. The van der Waals surface area contributed by atoms with Crippen LogP contribution in [0.4, 0.5) is 0 Å². The van der Waals surface area contributed by atoms with Crippen LogP contribution in [0.5, 0.6) is 11.5 Å². The van der Waals surface area contributed by atoms with Crippen molar-refractivity contribution in [2.75, 3.05) is 46.4 Å². The molecule has 0 saturated carbocycles. The molecule has 18 nitrogen and oxygen atoms in total. The number of hydrogen-bond acceptors (Lipinski definition) is 13. The molecule has 2 heterocycles. The number of ether oxygens (including phenoxy) is 2. The van der Waals surface area contributed by atoms with E-state index in [4.69, 9.17) is 26.7 Å². The molecular weight excluding hydrogens is 867 g/mol. The number of aromatic nitrogens is 2. The van der Waals surface area contributed by atoms with Gasteiger partial charge in [0.05, 0.1) is 36.2 Å². The number of nitrogens with zero attached hydrogens (tertiary/aromatic N) is 4. The number of hydrogen-bond donors (Lipinski definition) is 7. The number of carbonyl (C=O) groups is 5. The highest BCUT2D eigenvalue weighted by atomic mass is 16.5. The summed E-state index contributed by atoms with van der Waals surface area (Å²) in [5.74, 6) is -2.00. The molecule has 3 aromatic carbocycles. The van der Waals surface area contributed by atoms with E-state index in [9.17, 15) is 29.2 Å². The van der Waals surface area contributed by atoms with E-state index in [1.165, 1.54) is 18.9 Å². The van der Waals surface area contributed by atoms with E-state index in [1.54, 1.807) is 50.2 Å². The molecule has 0 radical (unpaired) electrons. The predicted octanol–water partition coefficient (Wildman–Crippen LogP) is 3.01. The lowest BCUT2D eigenvalue weighted by Crippen LogP contribution is -2.56. The van der Waals surface area contributed by atoms with Gasteiger partial charge in [0.15, 0.2) is 5.82 Å². The van der Waals surface area contributed by atoms with Gasteiger partial charge in [-0.15, -0.1) is 0 Å². The van der Waals surface area contributed by atoms with Gasteiger partial charge in [0.1, 0.15) is 42.2 Å². The summed E-state index contributed by atoms with van der Waals surface area (Å²) in [6.45, 7) is 12.2. The fourth-order valence-corrected chi connectivity index (χ4v) is 7.85. The van der Waals surface area contributed by atoms with Crippen molar-refractivity contribution in [1.29, 1.82) is 5.26 Å². The molecule has 0 fully saturated rings. The van der Waals surface area contributed by atoms with Gasteiger partial charge >= 0.3 is 0 Å². The Labute approximate surface area is 398 Å². The van der Waals surface area contributed by atoms with Crippen LogP contribution in [0.3, 0.4) is 0 Å². The smallest absolute Gasteiger partial charge is 0.255 e. The molecule has 4 bridgehead atoms. The summed E-state index contributed by atoms with van der Waals surface area (Å²) in [4.78, 5) is 81.4. The maximum Gasteiger partial charge on any atom is 0.255 e. The molecule has 4 atom stereocenters. The van der Waals surface area contributed by atoms with Crippen molar-refractivity contribution in [3.8, 4) is 40.1 Å². The highest BCUT2D eigenvalue weighted by molar-refractivity contribution is 6.00. The van der Waals surface area contributed by atoms with Gasteiger partial charge in [0.25, 0.3) is 5.91 Å². The van der Waals surface area contributed by atoms with E-state index >= 15 is 0 Å². The molecule has 362 valence electrons. The van der Waals surface area contributed by atoms with Gasteiger partial charge in [-0.05, 0) is 106 Å². The lowest BCUT2D eigenvalue weighted by atomic mass is 9.86. The summed E-state index contributed by atoms with van der Waals surface area (Å²) < 4.78 is 12.5. The molecule has 4 unspecified atom stereocenters. The lowest BCUT2D eigenvalue weighted by Gasteiger charge is -2.32. The first-order valence-electron chi connectivity index (χ1n) is 22.8. The zero-order chi connectivity index (χ0) is 49.7. The number of rotatable bonds is 17. The Hall–Kier alpha value is -6.94. The average molecular weight is 932 g/mol. The van der Waals surface area contributed by atoms with Gasteiger partial charge in [0.2, 0.25) is 23.6 Å². The van der Waals surface area contributed by atoms with Gasteiger partial charge < -0.3 is 52.8 Å². The Morgan fingerprint density at radius 2 is 1.47 bits per heavy atom. The van der Waals surface area contributed by atoms with Crippen molar-refractivity contribution < 1.29 is 33.4 Å². The van der Waals surface area contributed by atoms with Crippen LogP contribution in [-0.2, 0) is 31.0 Å². The Bertz CT molecular complexity index is 2480. The standard InChI is InChI=1S/C50H65N11O7/c1-29-42(30(2)57-44(56-29)33-11-14-35(15-12-33)50(4,5)6)47(64)59-38(18-21-53)49(66)61(7)43-34-13-17-41(68-25-9-20-52)37(28-34)36-26-32(10-16-40(36)67-24-8-19-51)27-39(46(63)55-23-22-54)60-45(62)31(3)58-48(43)65/h10-17,26,28,31,38-39,43H,8-9,18-21,23-25,27,51-53H2,1-7H3,(H,55,63)(H,58,65)(H,59,64)(H,60,62). The van der Waals surface area contributed by atoms with Crippen LogP contribution in [0.15, 0.2) is 60.7 Å². The molecule has 1 aliphatic heterocycles. The van der Waals surface area contributed by atoms with Crippen molar-refractivity contribution in [3.63, 3.8) is 0 Å². The fourth-order valence-electron chi connectivity index (χ4n) is 7.85. The van der Waals surface area contributed by atoms with E-state index in [0.29, 0.717) is 76.9 Å². The van der Waals surface area contributed by atoms with Crippen molar-refractivity contribution in [2.24, 2.45) is 17.2 Å². The molecular formula is C50H65N11O7. The van der Waals surface area contributed by atoms with Crippen LogP contribution in [0.2, 0.25) is 0 Å². The molecule has 4 aromatic rings. The molecule has 0 spiro atoms. The van der Waals surface area contributed by atoms with E-state index in [1.807, 2.05) is 30.3 Å². The third-order valence-corrected chi connectivity index (χ3v) is 11.6. The number of nitriles is 1. The average Bonchev–Trinajstić information content (AvgIpc) is 3.30. The number of benzene rings is 3. The zero-order valence-corrected chi connectivity index (χ0v) is 40.0. The van der Waals surface area contributed by atoms with Gasteiger partial charge in [-0.25, -0.2) is 9.97 Å². The van der Waals surface area contributed by atoms with E-state index < -0.39 is 53.7 Å². The number of likely N-dealkylation sites (N-methyl/N-ethyl adjacent to an activating group) is 1.